The molecular weight excluding hydrogens is 308 g/mol. The molecule has 2 rings (SSSR count). The van der Waals surface area contributed by atoms with Gasteiger partial charge in [0.25, 0.3) is 5.91 Å². The molecule has 0 aromatic carbocycles. The number of halogens is 1. The Morgan fingerprint density at radius 1 is 1.52 bits per heavy atom. The van der Waals surface area contributed by atoms with Gasteiger partial charge in [-0.15, -0.1) is 11.3 Å². The highest BCUT2D eigenvalue weighted by molar-refractivity contribution is 7.09. The number of nitrogen functional groups attached to an aromatic ring is 1. The summed E-state index contributed by atoms with van der Waals surface area (Å²) in [4.78, 5) is 19.6. The predicted molar refractivity (Wildman–Crippen MR) is 86.4 cm³/mol. The van der Waals surface area contributed by atoms with Gasteiger partial charge in [0.05, 0.1) is 6.54 Å². The fraction of sp³-hybridized carbons (Fsp3) is 0.286. The second kappa shape index (κ2) is 6.89. The van der Waals surface area contributed by atoms with Gasteiger partial charge in [-0.3, -0.25) is 4.79 Å². The maximum Gasteiger partial charge on any atom is 0.254 e. The lowest BCUT2D eigenvalue weighted by molar-refractivity contribution is 0.0692. The van der Waals surface area contributed by atoms with Crippen molar-refractivity contribution in [2.75, 3.05) is 5.43 Å². The SMILES string of the molecule is CC(C)N(Cc1cccs1)C(=O)c1cc(Cl)nc(NN)c1. The molecule has 0 aliphatic rings. The Balaban J connectivity index is 2.28. The number of hydrazine groups is 1. The summed E-state index contributed by atoms with van der Waals surface area (Å²) in [6, 6.07) is 7.20. The molecule has 2 aromatic heterocycles. The minimum Gasteiger partial charge on any atom is -0.331 e. The average Bonchev–Trinajstić information content (AvgIpc) is 2.96. The Bertz CT molecular complexity index is 615. The number of thiophene rings is 1. The first-order valence-corrected chi connectivity index (χ1v) is 7.74. The number of amides is 1. The third-order valence-corrected chi connectivity index (χ3v) is 4.03. The van der Waals surface area contributed by atoms with Crippen LogP contribution < -0.4 is 11.3 Å². The zero-order valence-corrected chi connectivity index (χ0v) is 13.4. The first-order chi connectivity index (χ1) is 10.0. The van der Waals surface area contributed by atoms with Crippen LogP contribution in [0.5, 0.6) is 0 Å². The molecule has 5 nitrogen and oxygen atoms in total. The van der Waals surface area contributed by atoms with Crippen LogP contribution in [0.1, 0.15) is 29.1 Å². The van der Waals surface area contributed by atoms with E-state index in [-0.39, 0.29) is 17.1 Å². The number of aromatic nitrogens is 1. The highest BCUT2D eigenvalue weighted by Crippen LogP contribution is 2.20. The summed E-state index contributed by atoms with van der Waals surface area (Å²) in [5, 5.41) is 2.23. The highest BCUT2D eigenvalue weighted by atomic mass is 35.5. The summed E-state index contributed by atoms with van der Waals surface area (Å²) in [5.74, 6) is 5.61. The molecule has 0 spiro atoms. The Morgan fingerprint density at radius 2 is 2.29 bits per heavy atom. The van der Waals surface area contributed by atoms with Crippen LogP contribution in [0.4, 0.5) is 5.82 Å². The molecule has 0 saturated carbocycles. The molecule has 2 aromatic rings. The maximum atomic E-state index is 12.7. The average molecular weight is 325 g/mol. The molecule has 0 atom stereocenters. The van der Waals surface area contributed by atoms with Gasteiger partial charge in [-0.1, -0.05) is 17.7 Å². The number of rotatable bonds is 5. The van der Waals surface area contributed by atoms with Crippen molar-refractivity contribution in [1.29, 1.82) is 0 Å². The third-order valence-electron chi connectivity index (χ3n) is 2.98. The van der Waals surface area contributed by atoms with Gasteiger partial charge >= 0.3 is 0 Å². The summed E-state index contributed by atoms with van der Waals surface area (Å²) in [6.45, 7) is 4.53. The molecule has 0 radical (unpaired) electrons. The van der Waals surface area contributed by atoms with E-state index in [1.54, 1.807) is 28.4 Å². The summed E-state index contributed by atoms with van der Waals surface area (Å²) in [7, 11) is 0. The molecule has 7 heteroatoms. The molecule has 0 fully saturated rings. The molecule has 2 heterocycles. The van der Waals surface area contributed by atoms with E-state index >= 15 is 0 Å². The summed E-state index contributed by atoms with van der Waals surface area (Å²) >= 11 is 7.55. The molecule has 0 aliphatic carbocycles. The number of carbonyl (C=O) groups excluding carboxylic acids is 1. The topological polar surface area (TPSA) is 71.2 Å². The first kappa shape index (κ1) is 15.8. The van der Waals surface area contributed by atoms with Gasteiger partial charge in [0, 0.05) is 16.5 Å². The maximum absolute atomic E-state index is 12.7. The number of nitrogens with two attached hydrogens (primary N) is 1. The zero-order valence-electron chi connectivity index (χ0n) is 11.8. The molecule has 21 heavy (non-hydrogen) atoms. The van der Waals surface area contributed by atoms with Crippen LogP contribution >= 0.6 is 22.9 Å². The van der Waals surface area contributed by atoms with E-state index in [9.17, 15) is 4.79 Å². The Labute approximate surface area is 132 Å². The van der Waals surface area contributed by atoms with Crippen molar-refractivity contribution in [2.45, 2.75) is 26.4 Å². The highest BCUT2D eigenvalue weighted by Gasteiger charge is 2.20. The van der Waals surface area contributed by atoms with E-state index in [0.29, 0.717) is 17.9 Å². The number of hydrogen-bond donors (Lipinski definition) is 2. The number of anilines is 1. The van der Waals surface area contributed by atoms with Crippen LogP contribution in [-0.2, 0) is 6.54 Å². The van der Waals surface area contributed by atoms with Crippen molar-refractivity contribution in [3.63, 3.8) is 0 Å². The molecule has 0 saturated heterocycles. The summed E-state index contributed by atoms with van der Waals surface area (Å²) < 4.78 is 0. The standard InChI is InChI=1S/C14H17ClN4OS/c1-9(2)19(8-11-4-3-5-21-11)14(20)10-6-12(15)17-13(7-10)18-16/h3-7,9H,8,16H2,1-2H3,(H,17,18). The van der Waals surface area contributed by atoms with Gasteiger partial charge in [-0.2, -0.15) is 0 Å². The monoisotopic (exact) mass is 324 g/mol. The van der Waals surface area contributed by atoms with Crippen molar-refractivity contribution in [3.8, 4) is 0 Å². The Kier molecular flexibility index (Phi) is 5.17. The van der Waals surface area contributed by atoms with Gasteiger partial charge in [-0.25, -0.2) is 10.8 Å². The minimum absolute atomic E-state index is 0.0702. The van der Waals surface area contributed by atoms with E-state index in [0.717, 1.165) is 4.88 Å². The van der Waals surface area contributed by atoms with Crippen LogP contribution in [0.3, 0.4) is 0 Å². The molecule has 3 N–H and O–H groups in total. The summed E-state index contributed by atoms with van der Waals surface area (Å²) in [5.41, 5.74) is 2.88. The lowest BCUT2D eigenvalue weighted by atomic mass is 10.2. The number of carbonyl (C=O) groups is 1. The quantitative estimate of drug-likeness (QED) is 0.503. The smallest absolute Gasteiger partial charge is 0.254 e. The molecule has 0 unspecified atom stereocenters. The van der Waals surface area contributed by atoms with Crippen molar-refractivity contribution in [1.82, 2.24) is 9.88 Å². The number of hydrogen-bond acceptors (Lipinski definition) is 5. The third kappa shape index (κ3) is 3.93. The van der Waals surface area contributed by atoms with Crippen LogP contribution in [0.25, 0.3) is 0 Å². The van der Waals surface area contributed by atoms with E-state index in [4.69, 9.17) is 17.4 Å². The summed E-state index contributed by atoms with van der Waals surface area (Å²) in [6.07, 6.45) is 0. The molecular formula is C14H17ClN4OS. The van der Waals surface area contributed by atoms with E-state index < -0.39 is 0 Å². The fourth-order valence-corrected chi connectivity index (χ4v) is 2.83. The zero-order chi connectivity index (χ0) is 15.4. The lowest BCUT2D eigenvalue weighted by Gasteiger charge is -2.26. The van der Waals surface area contributed by atoms with E-state index in [1.807, 2.05) is 31.4 Å². The first-order valence-electron chi connectivity index (χ1n) is 6.49. The minimum atomic E-state index is -0.0980. The number of nitrogens with one attached hydrogen (secondary N) is 1. The lowest BCUT2D eigenvalue weighted by Crippen LogP contribution is -2.36. The number of pyridine rings is 1. The van der Waals surface area contributed by atoms with Crippen LogP contribution in [0.15, 0.2) is 29.6 Å². The Hall–Kier alpha value is -1.63. The molecule has 1 amide bonds. The van der Waals surface area contributed by atoms with Crippen molar-refractivity contribution < 1.29 is 4.79 Å². The van der Waals surface area contributed by atoms with Crippen LogP contribution in [0.2, 0.25) is 5.15 Å². The molecule has 0 aliphatic heterocycles. The van der Waals surface area contributed by atoms with Gasteiger partial charge < -0.3 is 10.3 Å². The Morgan fingerprint density at radius 3 is 2.86 bits per heavy atom. The predicted octanol–water partition coefficient (Wildman–Crippen LogP) is 3.13. The normalized spacial score (nSPS) is 10.7. The second-order valence-corrected chi connectivity index (χ2v) is 6.23. The molecule has 0 bridgehead atoms. The van der Waals surface area contributed by atoms with Gasteiger partial charge in [0.2, 0.25) is 0 Å². The van der Waals surface area contributed by atoms with Gasteiger partial charge in [-0.05, 0) is 37.4 Å². The van der Waals surface area contributed by atoms with Crippen molar-refractivity contribution in [3.05, 3.63) is 45.2 Å². The van der Waals surface area contributed by atoms with E-state index in [1.165, 1.54) is 0 Å². The van der Waals surface area contributed by atoms with E-state index in [2.05, 4.69) is 10.4 Å². The van der Waals surface area contributed by atoms with Crippen molar-refractivity contribution in [2.24, 2.45) is 5.84 Å². The van der Waals surface area contributed by atoms with Crippen LogP contribution in [-0.4, -0.2) is 21.8 Å². The van der Waals surface area contributed by atoms with Crippen molar-refractivity contribution >= 4 is 34.7 Å². The second-order valence-electron chi connectivity index (χ2n) is 4.81. The largest absolute Gasteiger partial charge is 0.331 e. The van der Waals surface area contributed by atoms with Crippen LogP contribution in [0, 0.1) is 0 Å². The van der Waals surface area contributed by atoms with Gasteiger partial charge in [0.1, 0.15) is 11.0 Å². The number of nitrogens with zero attached hydrogens (tertiary/aromatic N) is 2. The van der Waals surface area contributed by atoms with Gasteiger partial charge in [0.15, 0.2) is 0 Å². The fourth-order valence-electron chi connectivity index (χ4n) is 1.92. The molecule has 112 valence electrons.